The molecule has 0 saturated heterocycles. The fraction of sp³-hybridized carbons (Fsp3) is 0.385. The van der Waals surface area contributed by atoms with Gasteiger partial charge in [0, 0.05) is 18.7 Å². The minimum absolute atomic E-state index is 0.00706. The number of carboxylic acid groups (broad SMARTS) is 1. The number of benzene rings is 1. The Morgan fingerprint density at radius 2 is 1.95 bits per heavy atom. The molecule has 1 atom stereocenters. The van der Waals surface area contributed by atoms with Gasteiger partial charge in [-0.2, -0.15) is 0 Å². The second-order valence-electron chi connectivity index (χ2n) is 4.90. The van der Waals surface area contributed by atoms with E-state index in [9.17, 15) is 19.7 Å². The number of nitro groups is 1. The molecule has 2 amide bonds. The lowest BCUT2D eigenvalue weighted by molar-refractivity contribution is -0.384. The lowest BCUT2D eigenvalue weighted by Crippen LogP contribution is -2.46. The SMILES string of the molecule is O=C(NCc1ccc([N+](=O)[O-])cc1)NC(C(=O)O)C1CC1. The number of amides is 2. The Bertz CT molecular complexity index is 553. The molecule has 1 aliphatic rings. The zero-order valence-corrected chi connectivity index (χ0v) is 11.1. The zero-order chi connectivity index (χ0) is 15.4. The molecule has 1 aromatic rings. The van der Waals surface area contributed by atoms with Crippen LogP contribution in [-0.4, -0.2) is 28.1 Å². The van der Waals surface area contributed by atoms with E-state index in [2.05, 4.69) is 10.6 Å². The fourth-order valence-corrected chi connectivity index (χ4v) is 1.92. The molecule has 2 rings (SSSR count). The summed E-state index contributed by atoms with van der Waals surface area (Å²) in [5, 5.41) is 24.5. The van der Waals surface area contributed by atoms with Crippen LogP contribution in [0.5, 0.6) is 0 Å². The van der Waals surface area contributed by atoms with Crippen LogP contribution in [0.25, 0.3) is 0 Å². The molecule has 0 spiro atoms. The van der Waals surface area contributed by atoms with Gasteiger partial charge in [0.2, 0.25) is 0 Å². The van der Waals surface area contributed by atoms with Gasteiger partial charge in [-0.3, -0.25) is 10.1 Å². The predicted octanol–water partition coefficient (Wildman–Crippen LogP) is 1.26. The molecule has 112 valence electrons. The van der Waals surface area contributed by atoms with E-state index in [0.29, 0.717) is 5.56 Å². The molecule has 1 saturated carbocycles. The summed E-state index contributed by atoms with van der Waals surface area (Å²) in [7, 11) is 0. The number of nitrogens with zero attached hydrogens (tertiary/aromatic N) is 1. The van der Waals surface area contributed by atoms with Gasteiger partial charge in [0.05, 0.1) is 4.92 Å². The normalized spacial score (nSPS) is 15.0. The Kier molecular flexibility index (Phi) is 4.36. The van der Waals surface area contributed by atoms with E-state index in [1.807, 2.05) is 0 Å². The van der Waals surface area contributed by atoms with E-state index in [-0.39, 0.29) is 18.2 Å². The highest BCUT2D eigenvalue weighted by Gasteiger charge is 2.37. The van der Waals surface area contributed by atoms with E-state index in [0.717, 1.165) is 12.8 Å². The number of non-ortho nitro benzene ring substituents is 1. The van der Waals surface area contributed by atoms with E-state index in [1.54, 1.807) is 0 Å². The first kappa shape index (κ1) is 14.8. The molecule has 8 heteroatoms. The van der Waals surface area contributed by atoms with Crippen molar-refractivity contribution >= 4 is 17.7 Å². The minimum Gasteiger partial charge on any atom is -0.480 e. The van der Waals surface area contributed by atoms with Gasteiger partial charge in [0.1, 0.15) is 6.04 Å². The number of hydrogen-bond acceptors (Lipinski definition) is 4. The predicted molar refractivity (Wildman–Crippen MR) is 72.6 cm³/mol. The molecule has 0 bridgehead atoms. The van der Waals surface area contributed by atoms with Crippen LogP contribution in [0.15, 0.2) is 24.3 Å². The first-order chi connectivity index (χ1) is 9.97. The number of nitro benzene ring substituents is 1. The van der Waals surface area contributed by atoms with Gasteiger partial charge in [0.25, 0.3) is 5.69 Å². The van der Waals surface area contributed by atoms with Gasteiger partial charge in [-0.05, 0) is 24.3 Å². The summed E-state index contributed by atoms with van der Waals surface area (Å²) in [6.45, 7) is 0.167. The van der Waals surface area contributed by atoms with Crippen molar-refractivity contribution in [3.05, 3.63) is 39.9 Å². The first-order valence-corrected chi connectivity index (χ1v) is 6.48. The van der Waals surface area contributed by atoms with Gasteiger partial charge in [-0.15, -0.1) is 0 Å². The van der Waals surface area contributed by atoms with Crippen molar-refractivity contribution in [1.29, 1.82) is 0 Å². The van der Waals surface area contributed by atoms with Crippen LogP contribution in [0, 0.1) is 16.0 Å². The summed E-state index contributed by atoms with van der Waals surface area (Å²) < 4.78 is 0. The maximum Gasteiger partial charge on any atom is 0.326 e. The first-order valence-electron chi connectivity index (χ1n) is 6.48. The average molecular weight is 293 g/mol. The molecule has 0 aliphatic heterocycles. The molecular formula is C13H15N3O5. The van der Waals surface area contributed by atoms with Crippen molar-refractivity contribution in [1.82, 2.24) is 10.6 Å². The Morgan fingerprint density at radius 1 is 1.33 bits per heavy atom. The standard InChI is InChI=1S/C13H15N3O5/c17-12(18)11(9-3-4-9)15-13(19)14-7-8-1-5-10(6-2-8)16(20)21/h1-2,5-6,9,11H,3-4,7H2,(H,17,18)(H2,14,15,19). The Morgan fingerprint density at radius 3 is 2.43 bits per heavy atom. The maximum atomic E-state index is 11.6. The summed E-state index contributed by atoms with van der Waals surface area (Å²) in [4.78, 5) is 32.6. The van der Waals surface area contributed by atoms with Crippen LogP contribution >= 0.6 is 0 Å². The quantitative estimate of drug-likeness (QED) is 0.538. The highest BCUT2D eigenvalue weighted by Crippen LogP contribution is 2.32. The van der Waals surface area contributed by atoms with Crippen LogP contribution < -0.4 is 10.6 Å². The molecule has 1 fully saturated rings. The molecule has 3 N–H and O–H groups in total. The number of nitrogens with one attached hydrogen (secondary N) is 2. The lowest BCUT2D eigenvalue weighted by Gasteiger charge is -2.14. The minimum atomic E-state index is -1.04. The number of carbonyl (C=O) groups is 2. The fourth-order valence-electron chi connectivity index (χ4n) is 1.92. The van der Waals surface area contributed by atoms with Crippen LogP contribution in [-0.2, 0) is 11.3 Å². The molecule has 0 heterocycles. The second-order valence-corrected chi connectivity index (χ2v) is 4.90. The topological polar surface area (TPSA) is 122 Å². The third-order valence-electron chi connectivity index (χ3n) is 3.25. The number of carboxylic acids is 1. The number of carbonyl (C=O) groups excluding carboxylic acids is 1. The summed E-state index contributed by atoms with van der Waals surface area (Å²) in [5.41, 5.74) is 0.664. The van der Waals surface area contributed by atoms with Crippen molar-refractivity contribution in [2.75, 3.05) is 0 Å². The van der Waals surface area contributed by atoms with Crippen molar-refractivity contribution in [2.24, 2.45) is 5.92 Å². The van der Waals surface area contributed by atoms with E-state index >= 15 is 0 Å². The van der Waals surface area contributed by atoms with Crippen molar-refractivity contribution in [2.45, 2.75) is 25.4 Å². The molecular weight excluding hydrogens is 278 g/mol. The van der Waals surface area contributed by atoms with E-state index in [4.69, 9.17) is 5.11 Å². The summed E-state index contributed by atoms with van der Waals surface area (Å²) in [6.07, 6.45) is 1.61. The van der Waals surface area contributed by atoms with Gasteiger partial charge >= 0.3 is 12.0 Å². The van der Waals surface area contributed by atoms with Gasteiger partial charge in [-0.25, -0.2) is 9.59 Å². The monoisotopic (exact) mass is 293 g/mol. The molecule has 0 radical (unpaired) electrons. The second kappa shape index (κ2) is 6.21. The number of hydrogen-bond donors (Lipinski definition) is 3. The Labute approximate surface area is 120 Å². The molecule has 8 nitrogen and oxygen atoms in total. The molecule has 21 heavy (non-hydrogen) atoms. The van der Waals surface area contributed by atoms with E-state index in [1.165, 1.54) is 24.3 Å². The van der Waals surface area contributed by atoms with Crippen molar-refractivity contribution in [3.63, 3.8) is 0 Å². The number of rotatable bonds is 6. The highest BCUT2D eigenvalue weighted by molar-refractivity contribution is 5.83. The largest absolute Gasteiger partial charge is 0.480 e. The maximum absolute atomic E-state index is 11.6. The average Bonchev–Trinajstić information content (AvgIpc) is 3.27. The summed E-state index contributed by atoms with van der Waals surface area (Å²) in [6, 6.07) is 4.34. The zero-order valence-electron chi connectivity index (χ0n) is 11.1. The van der Waals surface area contributed by atoms with Gasteiger partial charge in [-0.1, -0.05) is 12.1 Å². The van der Waals surface area contributed by atoms with Crippen molar-refractivity contribution < 1.29 is 19.6 Å². The Hall–Kier alpha value is -2.64. The van der Waals surface area contributed by atoms with Crippen LogP contribution in [0.2, 0.25) is 0 Å². The third-order valence-corrected chi connectivity index (χ3v) is 3.25. The summed E-state index contributed by atoms with van der Waals surface area (Å²) in [5.74, 6) is -1.03. The third kappa shape index (κ3) is 4.16. The lowest BCUT2D eigenvalue weighted by atomic mass is 10.2. The summed E-state index contributed by atoms with van der Waals surface area (Å²) >= 11 is 0. The molecule has 1 aliphatic carbocycles. The molecule has 1 aromatic carbocycles. The van der Waals surface area contributed by atoms with Crippen LogP contribution in [0.1, 0.15) is 18.4 Å². The number of aliphatic carboxylic acids is 1. The van der Waals surface area contributed by atoms with E-state index < -0.39 is 23.0 Å². The van der Waals surface area contributed by atoms with Crippen molar-refractivity contribution in [3.8, 4) is 0 Å². The molecule has 1 unspecified atom stereocenters. The van der Waals surface area contributed by atoms with Crippen LogP contribution in [0.3, 0.4) is 0 Å². The number of urea groups is 1. The highest BCUT2D eigenvalue weighted by atomic mass is 16.6. The Balaban J connectivity index is 1.83. The molecule has 0 aromatic heterocycles. The van der Waals surface area contributed by atoms with Gasteiger partial charge in [0.15, 0.2) is 0 Å². The smallest absolute Gasteiger partial charge is 0.326 e. The van der Waals surface area contributed by atoms with Gasteiger partial charge < -0.3 is 15.7 Å². The van der Waals surface area contributed by atoms with Crippen LogP contribution in [0.4, 0.5) is 10.5 Å².